The van der Waals surface area contributed by atoms with Gasteiger partial charge in [0.15, 0.2) is 11.9 Å². The summed E-state index contributed by atoms with van der Waals surface area (Å²) in [5.41, 5.74) is 2.72. The summed E-state index contributed by atoms with van der Waals surface area (Å²) in [7, 11) is -8.88. The van der Waals surface area contributed by atoms with Crippen molar-refractivity contribution in [1.29, 1.82) is 0 Å². The summed E-state index contributed by atoms with van der Waals surface area (Å²) in [4.78, 5) is 6.31. The molecule has 0 aliphatic carbocycles. The Hall–Kier alpha value is -4.54. The molecule has 2 aliphatic heterocycles. The van der Waals surface area contributed by atoms with E-state index in [9.17, 15) is 36.7 Å². The number of hydrogen-bond acceptors (Lipinski definition) is 11. The molecule has 5 N–H and O–H groups in total. The van der Waals surface area contributed by atoms with Gasteiger partial charge in [-0.15, -0.1) is 15.2 Å². The number of aliphatic hydroxyl groups is 2. The number of hydrogen-bond donors (Lipinski definition) is 5. The van der Waals surface area contributed by atoms with Crippen molar-refractivity contribution < 1.29 is 36.7 Å². The largest absolute Gasteiger partial charge is 0.505 e. The maximum absolute atomic E-state index is 12.3. The van der Waals surface area contributed by atoms with Crippen LogP contribution in [-0.2, 0) is 20.0 Å². The Balaban J connectivity index is 1.70. The second-order valence-electron chi connectivity index (χ2n) is 7.78. The van der Waals surface area contributed by atoms with Crippen LogP contribution in [0.3, 0.4) is 0 Å². The highest BCUT2D eigenvalue weighted by atomic mass is 32.2. The molecule has 0 saturated carbocycles. The quantitative estimate of drug-likeness (QED) is 0.232. The van der Waals surface area contributed by atoms with Gasteiger partial charge in [0, 0.05) is 16.4 Å². The van der Waals surface area contributed by atoms with E-state index in [1.165, 1.54) is 36.4 Å². The smallest absolute Gasteiger partial charge is 0.316 e. The molecule has 0 radical (unpaired) electrons. The van der Waals surface area contributed by atoms with Crippen LogP contribution in [0.25, 0.3) is 10.8 Å². The zero-order valence-electron chi connectivity index (χ0n) is 18.4. The number of amidine groups is 2. The van der Waals surface area contributed by atoms with Crippen LogP contribution in [0.4, 0.5) is 17.1 Å². The van der Waals surface area contributed by atoms with Crippen molar-refractivity contribution in [3.63, 3.8) is 0 Å². The number of sulfone groups is 1. The van der Waals surface area contributed by atoms with Crippen LogP contribution in [0.2, 0.25) is 0 Å². The van der Waals surface area contributed by atoms with Crippen LogP contribution in [0.1, 0.15) is 11.7 Å². The number of hydrazine groups is 1. The molecule has 16 heteroatoms. The van der Waals surface area contributed by atoms with Gasteiger partial charge in [-0.2, -0.15) is 8.42 Å². The second-order valence-corrected chi connectivity index (χ2v) is 11.0. The minimum absolute atomic E-state index is 0.0732. The normalized spacial score (nSPS) is 17.2. The van der Waals surface area contributed by atoms with Gasteiger partial charge in [0.25, 0.3) is 10.1 Å². The molecule has 3 aromatic rings. The summed E-state index contributed by atoms with van der Waals surface area (Å²) < 4.78 is 58.8. The monoisotopic (exact) mass is 544 g/mol. The lowest BCUT2D eigenvalue weighted by Gasteiger charge is -2.23. The highest BCUT2D eigenvalue weighted by Crippen LogP contribution is 2.46. The van der Waals surface area contributed by atoms with Crippen LogP contribution in [0, 0.1) is 0 Å². The number of phenolic OH excluding ortho intramolecular Hbond substituents is 1. The Morgan fingerprint density at radius 3 is 2.46 bits per heavy atom. The van der Waals surface area contributed by atoms with Gasteiger partial charge in [0.1, 0.15) is 16.3 Å². The number of nitrogens with one attached hydrogen (secondary N) is 1. The van der Waals surface area contributed by atoms with E-state index in [0.29, 0.717) is 16.7 Å². The lowest BCUT2D eigenvalue weighted by molar-refractivity contribution is 0.311. The van der Waals surface area contributed by atoms with Crippen molar-refractivity contribution in [1.82, 2.24) is 5.01 Å². The van der Waals surface area contributed by atoms with E-state index < -0.39 is 54.5 Å². The maximum Gasteiger partial charge on any atom is 0.316 e. The van der Waals surface area contributed by atoms with Crippen molar-refractivity contribution in [2.75, 3.05) is 5.43 Å². The van der Waals surface area contributed by atoms with Crippen molar-refractivity contribution in [3.05, 3.63) is 60.0 Å². The van der Waals surface area contributed by atoms with E-state index in [1.54, 1.807) is 0 Å². The van der Waals surface area contributed by atoms with Crippen molar-refractivity contribution in [2.24, 2.45) is 20.2 Å². The first kappa shape index (κ1) is 24.2. The van der Waals surface area contributed by atoms with Crippen LogP contribution in [-0.4, -0.2) is 53.8 Å². The number of benzene rings is 3. The van der Waals surface area contributed by atoms with E-state index >= 15 is 0 Å². The van der Waals surface area contributed by atoms with Gasteiger partial charge < -0.3 is 15.3 Å². The van der Waals surface area contributed by atoms with E-state index in [1.807, 2.05) is 0 Å². The average Bonchev–Trinajstić information content (AvgIpc) is 3.19. The predicted octanol–water partition coefficient (Wildman–Crippen LogP) is 3.61. The van der Waals surface area contributed by atoms with Crippen LogP contribution < -0.4 is 5.43 Å². The number of rotatable bonds is 5. The summed E-state index contributed by atoms with van der Waals surface area (Å²) in [6.45, 7) is 3.26. The fraction of sp³-hybridized carbons (Fsp3) is 0.0476. The van der Waals surface area contributed by atoms with Crippen LogP contribution in [0.15, 0.2) is 84.5 Å². The third-order valence-electron chi connectivity index (χ3n) is 5.56. The van der Waals surface area contributed by atoms with Crippen LogP contribution >= 0.6 is 0 Å². The third kappa shape index (κ3) is 4.02. The Labute approximate surface area is 208 Å². The SMILES string of the molecule is C=CS(=O)(=O)c1ccccc1N=Nc1c(S(=O)(=O)O)cc2cc3c(cc2c1O)NN1C(O)=NC(O)=NC31. The lowest BCUT2D eigenvalue weighted by Crippen LogP contribution is -2.37. The zero-order valence-corrected chi connectivity index (χ0v) is 20.0. The first-order valence-corrected chi connectivity index (χ1v) is 13.2. The third-order valence-corrected chi connectivity index (χ3v) is 7.83. The van der Waals surface area contributed by atoms with Crippen molar-refractivity contribution >= 4 is 59.8 Å². The number of aliphatic hydroxyl groups excluding tert-OH is 2. The molecule has 0 amide bonds. The molecule has 2 heterocycles. The maximum atomic E-state index is 12.3. The Morgan fingerprint density at radius 2 is 1.76 bits per heavy atom. The van der Waals surface area contributed by atoms with Gasteiger partial charge >= 0.3 is 12.0 Å². The number of aromatic hydroxyl groups is 1. The van der Waals surface area contributed by atoms with E-state index in [2.05, 4.69) is 32.2 Å². The summed E-state index contributed by atoms with van der Waals surface area (Å²) in [6, 6.07) is 8.09. The molecule has 0 aromatic heterocycles. The summed E-state index contributed by atoms with van der Waals surface area (Å²) >= 11 is 0. The van der Waals surface area contributed by atoms with Crippen molar-refractivity contribution in [3.8, 4) is 5.75 Å². The molecule has 3 aromatic carbocycles. The standard InChI is InChI=1S/C21H16N6O8S2/c1-2-36(31,32)15-6-4-3-5-13(15)24-25-17-16(37(33,34)35)8-10-7-12-14(9-11(10)18(17)28)26-27-19(12)22-20(29)23-21(27)30/h2-9,19,26,28H,1H2,(H,33,34,35)(H2,22,23,29,30). The Morgan fingerprint density at radius 1 is 1.03 bits per heavy atom. The number of azo groups is 1. The number of anilines is 1. The molecule has 5 rings (SSSR count). The molecule has 14 nitrogen and oxygen atoms in total. The molecule has 0 bridgehead atoms. The first-order valence-electron chi connectivity index (χ1n) is 10.2. The molecule has 0 spiro atoms. The fourth-order valence-electron chi connectivity index (χ4n) is 3.89. The number of nitrogens with zero attached hydrogens (tertiary/aromatic N) is 5. The van der Waals surface area contributed by atoms with E-state index in [0.717, 1.165) is 11.1 Å². The van der Waals surface area contributed by atoms with Crippen molar-refractivity contribution in [2.45, 2.75) is 16.0 Å². The number of aliphatic imine (C=N–C) groups is 2. The molecule has 0 saturated heterocycles. The molecule has 1 unspecified atom stereocenters. The van der Waals surface area contributed by atoms with Gasteiger partial charge in [0.2, 0.25) is 9.84 Å². The predicted molar refractivity (Wildman–Crippen MR) is 132 cm³/mol. The second kappa shape index (κ2) is 8.26. The van der Waals surface area contributed by atoms with E-state index in [4.69, 9.17) is 0 Å². The molecule has 1 atom stereocenters. The highest BCUT2D eigenvalue weighted by Gasteiger charge is 2.37. The zero-order chi connectivity index (χ0) is 26.7. The Kier molecular flexibility index (Phi) is 5.39. The van der Waals surface area contributed by atoms with Gasteiger partial charge in [0.05, 0.1) is 10.6 Å². The molecule has 2 aliphatic rings. The van der Waals surface area contributed by atoms with Gasteiger partial charge in [-0.25, -0.2) is 18.4 Å². The molecule has 190 valence electrons. The minimum Gasteiger partial charge on any atom is -0.505 e. The first-order chi connectivity index (χ1) is 17.4. The molecule has 37 heavy (non-hydrogen) atoms. The van der Waals surface area contributed by atoms with E-state index in [-0.39, 0.29) is 21.4 Å². The average molecular weight is 545 g/mol. The molecule has 0 fully saturated rings. The summed E-state index contributed by atoms with van der Waals surface area (Å²) in [5, 5.41) is 40.3. The topological polar surface area (TPSA) is 214 Å². The van der Waals surface area contributed by atoms with Gasteiger partial charge in [-0.1, -0.05) is 18.7 Å². The van der Waals surface area contributed by atoms with Gasteiger partial charge in [-0.3, -0.25) is 9.98 Å². The van der Waals surface area contributed by atoms with Gasteiger partial charge in [-0.05, 0) is 35.7 Å². The highest BCUT2D eigenvalue weighted by molar-refractivity contribution is 7.94. The lowest BCUT2D eigenvalue weighted by atomic mass is 10.0. The molecular formula is C21H16N6O8S2. The Bertz CT molecular complexity index is 1820. The van der Waals surface area contributed by atoms with Crippen LogP contribution in [0.5, 0.6) is 5.75 Å². The summed E-state index contributed by atoms with van der Waals surface area (Å²) in [6.07, 6.45) is -0.948. The number of fused-ring (bicyclic) bond motifs is 4. The molecular weight excluding hydrogens is 528 g/mol. The number of phenols is 1. The minimum atomic E-state index is -4.95. The fourth-order valence-corrected chi connectivity index (χ4v) is 5.39. The summed E-state index contributed by atoms with van der Waals surface area (Å²) in [5.74, 6) is -0.684.